The minimum Gasteiger partial charge on any atom is -0.390 e. The van der Waals surface area contributed by atoms with E-state index in [2.05, 4.69) is 15.1 Å². The van der Waals surface area contributed by atoms with Crippen LogP contribution < -0.4 is 0 Å². The Bertz CT molecular complexity index is 513. The highest BCUT2D eigenvalue weighted by molar-refractivity contribution is 5.57. The number of hydrogen-bond donors (Lipinski definition) is 1. The number of methoxy groups -OCH3 is 1. The maximum atomic E-state index is 9.57. The van der Waals surface area contributed by atoms with Gasteiger partial charge in [0.05, 0.1) is 19.1 Å². The summed E-state index contributed by atoms with van der Waals surface area (Å²) in [4.78, 5) is 8.26. The van der Waals surface area contributed by atoms with Gasteiger partial charge in [0.25, 0.3) is 0 Å². The van der Waals surface area contributed by atoms with E-state index in [1.165, 1.54) is 7.11 Å². The highest BCUT2D eigenvalue weighted by Crippen LogP contribution is 2.18. The molecule has 96 valence electrons. The summed E-state index contributed by atoms with van der Waals surface area (Å²) in [5.74, 6) is 0.873. The van der Waals surface area contributed by atoms with Gasteiger partial charge >= 0.3 is 0 Å². The minimum atomic E-state index is -0.640. The van der Waals surface area contributed by atoms with Gasteiger partial charge in [0.1, 0.15) is 0 Å². The second kappa shape index (κ2) is 5.70. The Hall–Kier alpha value is -1.79. The molecule has 0 aliphatic heterocycles. The van der Waals surface area contributed by atoms with Gasteiger partial charge in [0.15, 0.2) is 0 Å². The summed E-state index contributed by atoms with van der Waals surface area (Å²) < 4.78 is 9.92. The molecule has 0 aliphatic rings. The molecule has 2 rings (SSSR count). The number of nitrogens with zero attached hydrogens (tertiary/aromatic N) is 3. The van der Waals surface area contributed by atoms with Crippen molar-refractivity contribution in [2.45, 2.75) is 19.4 Å². The smallest absolute Gasteiger partial charge is 0.229 e. The molecule has 0 spiro atoms. The van der Waals surface area contributed by atoms with E-state index in [1.54, 1.807) is 12.4 Å². The third-order valence-electron chi connectivity index (χ3n) is 2.52. The van der Waals surface area contributed by atoms with E-state index in [-0.39, 0.29) is 13.0 Å². The summed E-state index contributed by atoms with van der Waals surface area (Å²) in [6.45, 7) is 2.19. The summed E-state index contributed by atoms with van der Waals surface area (Å²) in [7, 11) is 1.53. The fraction of sp³-hybridized carbons (Fsp3) is 0.417. The van der Waals surface area contributed by atoms with E-state index >= 15 is 0 Å². The van der Waals surface area contributed by atoms with Crippen molar-refractivity contribution in [2.24, 2.45) is 0 Å². The normalized spacial score (nSPS) is 12.6. The molecule has 0 aromatic carbocycles. The molecule has 6 heteroatoms. The summed E-state index contributed by atoms with van der Waals surface area (Å²) in [6.07, 6.45) is 3.04. The Morgan fingerprint density at radius 2 is 2.33 bits per heavy atom. The van der Waals surface area contributed by atoms with Crippen molar-refractivity contribution in [3.8, 4) is 11.4 Å². The van der Waals surface area contributed by atoms with E-state index in [0.717, 1.165) is 11.1 Å². The first-order valence-electron chi connectivity index (χ1n) is 5.61. The highest BCUT2D eigenvalue weighted by Gasteiger charge is 2.14. The van der Waals surface area contributed by atoms with Crippen LogP contribution in [0.2, 0.25) is 0 Å². The van der Waals surface area contributed by atoms with E-state index in [1.807, 2.05) is 13.0 Å². The number of hydrogen-bond acceptors (Lipinski definition) is 6. The molecule has 0 saturated carbocycles. The molecule has 0 radical (unpaired) electrons. The van der Waals surface area contributed by atoms with E-state index < -0.39 is 6.10 Å². The summed E-state index contributed by atoms with van der Waals surface area (Å²) >= 11 is 0. The van der Waals surface area contributed by atoms with Gasteiger partial charge in [-0.05, 0) is 18.6 Å². The molecule has 18 heavy (non-hydrogen) atoms. The van der Waals surface area contributed by atoms with Gasteiger partial charge in [-0.1, -0.05) is 5.16 Å². The minimum absolute atomic E-state index is 0.240. The molecule has 2 aromatic heterocycles. The molecule has 0 saturated heterocycles. The van der Waals surface area contributed by atoms with Gasteiger partial charge < -0.3 is 14.4 Å². The first-order valence-corrected chi connectivity index (χ1v) is 5.61. The van der Waals surface area contributed by atoms with Crippen molar-refractivity contribution in [1.82, 2.24) is 15.1 Å². The van der Waals surface area contributed by atoms with Crippen LogP contribution in [0.3, 0.4) is 0 Å². The molecular weight excluding hydrogens is 234 g/mol. The van der Waals surface area contributed by atoms with Crippen LogP contribution in [-0.2, 0) is 11.2 Å². The number of aliphatic hydroxyl groups is 1. The van der Waals surface area contributed by atoms with Crippen LogP contribution in [0.25, 0.3) is 11.4 Å². The second-order valence-corrected chi connectivity index (χ2v) is 4.02. The van der Waals surface area contributed by atoms with Crippen molar-refractivity contribution < 1.29 is 14.4 Å². The average Bonchev–Trinajstić information content (AvgIpc) is 2.78. The maximum absolute atomic E-state index is 9.57. The molecular formula is C12H15N3O3. The van der Waals surface area contributed by atoms with Crippen molar-refractivity contribution >= 4 is 0 Å². The van der Waals surface area contributed by atoms with Crippen LogP contribution in [0.15, 0.2) is 23.0 Å². The number of aromatic nitrogens is 3. The molecule has 2 heterocycles. The first kappa shape index (κ1) is 12.7. The zero-order chi connectivity index (χ0) is 13.0. The third-order valence-corrected chi connectivity index (χ3v) is 2.52. The summed E-state index contributed by atoms with van der Waals surface area (Å²) in [5.41, 5.74) is 1.85. The average molecular weight is 249 g/mol. The third kappa shape index (κ3) is 2.91. The number of aryl methyl sites for hydroxylation is 1. The van der Waals surface area contributed by atoms with Crippen LogP contribution in [0.4, 0.5) is 0 Å². The predicted molar refractivity (Wildman–Crippen MR) is 63.9 cm³/mol. The predicted octanol–water partition coefficient (Wildman–Crippen LogP) is 0.990. The van der Waals surface area contributed by atoms with Gasteiger partial charge in [-0.3, -0.25) is 4.98 Å². The quantitative estimate of drug-likeness (QED) is 0.851. The second-order valence-electron chi connectivity index (χ2n) is 4.02. The SMILES string of the molecule is COCC(O)Cc1nc(-c2cnccc2C)no1. The monoisotopic (exact) mass is 249 g/mol. The summed E-state index contributed by atoms with van der Waals surface area (Å²) in [5, 5.41) is 13.5. The van der Waals surface area contributed by atoms with Crippen LogP contribution in [-0.4, -0.2) is 40.1 Å². The van der Waals surface area contributed by atoms with Crippen molar-refractivity contribution in [2.75, 3.05) is 13.7 Å². The molecule has 0 bridgehead atoms. The lowest BCUT2D eigenvalue weighted by molar-refractivity contribution is 0.0599. The Kier molecular flexibility index (Phi) is 4.01. The van der Waals surface area contributed by atoms with Crippen LogP contribution in [0, 0.1) is 6.92 Å². The van der Waals surface area contributed by atoms with Crippen molar-refractivity contribution in [3.05, 3.63) is 29.9 Å². The van der Waals surface area contributed by atoms with Crippen molar-refractivity contribution in [1.29, 1.82) is 0 Å². The topological polar surface area (TPSA) is 81.3 Å². The molecule has 1 N–H and O–H groups in total. The maximum Gasteiger partial charge on any atom is 0.229 e. The number of aliphatic hydroxyl groups excluding tert-OH is 1. The Balaban J connectivity index is 2.13. The molecule has 0 aliphatic carbocycles. The number of pyridine rings is 1. The lowest BCUT2D eigenvalue weighted by atomic mass is 10.1. The van der Waals surface area contributed by atoms with Gasteiger partial charge in [0.2, 0.25) is 11.7 Å². The summed E-state index contributed by atoms with van der Waals surface area (Å²) in [6, 6.07) is 1.88. The highest BCUT2D eigenvalue weighted by atomic mass is 16.5. The largest absolute Gasteiger partial charge is 0.390 e. The zero-order valence-electron chi connectivity index (χ0n) is 10.3. The van der Waals surface area contributed by atoms with Crippen LogP contribution in [0.1, 0.15) is 11.5 Å². The molecule has 1 atom stereocenters. The molecule has 6 nitrogen and oxygen atoms in total. The van der Waals surface area contributed by atoms with Gasteiger partial charge in [-0.25, -0.2) is 0 Å². The number of ether oxygens (including phenoxy) is 1. The first-order chi connectivity index (χ1) is 8.70. The Morgan fingerprint density at radius 3 is 3.06 bits per heavy atom. The van der Waals surface area contributed by atoms with Gasteiger partial charge in [0, 0.05) is 25.1 Å². The molecule has 0 fully saturated rings. The van der Waals surface area contributed by atoms with E-state index in [4.69, 9.17) is 9.26 Å². The van der Waals surface area contributed by atoms with E-state index in [0.29, 0.717) is 11.7 Å². The van der Waals surface area contributed by atoms with Crippen LogP contribution in [0.5, 0.6) is 0 Å². The van der Waals surface area contributed by atoms with Gasteiger partial charge in [-0.2, -0.15) is 4.98 Å². The molecule has 0 amide bonds. The lowest BCUT2D eigenvalue weighted by Gasteiger charge is -2.04. The molecule has 2 aromatic rings. The lowest BCUT2D eigenvalue weighted by Crippen LogP contribution is -2.17. The molecule has 1 unspecified atom stereocenters. The van der Waals surface area contributed by atoms with Crippen LogP contribution >= 0.6 is 0 Å². The number of rotatable bonds is 5. The Morgan fingerprint density at radius 1 is 1.50 bits per heavy atom. The van der Waals surface area contributed by atoms with Gasteiger partial charge in [-0.15, -0.1) is 0 Å². The standard InChI is InChI=1S/C12H15N3O3/c1-8-3-4-13-6-10(8)12-14-11(18-15-12)5-9(16)7-17-2/h3-4,6,9,16H,5,7H2,1-2H3. The Labute approximate surface area is 105 Å². The van der Waals surface area contributed by atoms with E-state index in [9.17, 15) is 5.11 Å². The fourth-order valence-electron chi connectivity index (χ4n) is 1.60. The van der Waals surface area contributed by atoms with Crippen molar-refractivity contribution in [3.63, 3.8) is 0 Å². The fourth-order valence-corrected chi connectivity index (χ4v) is 1.60. The zero-order valence-corrected chi connectivity index (χ0v) is 10.3.